The SMILES string of the molecule is CCC1CCCN1c1nc(C(=O)O)cs1. The van der Waals surface area contributed by atoms with Crippen molar-refractivity contribution in [3.05, 3.63) is 11.1 Å². The highest BCUT2D eigenvalue weighted by Gasteiger charge is 2.25. The van der Waals surface area contributed by atoms with E-state index in [0.29, 0.717) is 6.04 Å². The van der Waals surface area contributed by atoms with Crippen LogP contribution in [0, 0.1) is 0 Å². The highest BCUT2D eigenvalue weighted by Crippen LogP contribution is 2.29. The maximum atomic E-state index is 10.7. The number of carbonyl (C=O) groups is 1. The van der Waals surface area contributed by atoms with Crippen LogP contribution in [0.5, 0.6) is 0 Å². The molecule has 1 aromatic rings. The van der Waals surface area contributed by atoms with Gasteiger partial charge < -0.3 is 10.0 Å². The third-order valence-corrected chi connectivity index (χ3v) is 3.68. The molecule has 0 aromatic carbocycles. The van der Waals surface area contributed by atoms with Gasteiger partial charge in [-0.3, -0.25) is 0 Å². The van der Waals surface area contributed by atoms with E-state index in [1.165, 1.54) is 24.2 Å². The second-order valence-electron chi connectivity index (χ2n) is 3.72. The molecule has 4 nitrogen and oxygen atoms in total. The molecule has 2 rings (SSSR count). The molecule has 0 aliphatic carbocycles. The first-order valence-electron chi connectivity index (χ1n) is 5.18. The van der Waals surface area contributed by atoms with Crippen LogP contribution in [0.15, 0.2) is 5.38 Å². The molecular formula is C10H14N2O2S. The van der Waals surface area contributed by atoms with Crippen LogP contribution in [0.25, 0.3) is 0 Å². The number of hydrogen-bond acceptors (Lipinski definition) is 4. The van der Waals surface area contributed by atoms with Gasteiger partial charge in [-0.15, -0.1) is 11.3 Å². The lowest BCUT2D eigenvalue weighted by Crippen LogP contribution is -2.28. The molecule has 15 heavy (non-hydrogen) atoms. The molecule has 1 fully saturated rings. The highest BCUT2D eigenvalue weighted by molar-refractivity contribution is 7.13. The molecule has 1 aromatic heterocycles. The van der Waals surface area contributed by atoms with E-state index in [4.69, 9.17) is 5.11 Å². The van der Waals surface area contributed by atoms with Crippen molar-refractivity contribution in [2.45, 2.75) is 32.2 Å². The zero-order chi connectivity index (χ0) is 10.8. The molecule has 5 heteroatoms. The van der Waals surface area contributed by atoms with Gasteiger partial charge in [-0.1, -0.05) is 6.92 Å². The zero-order valence-corrected chi connectivity index (χ0v) is 9.46. The predicted molar refractivity (Wildman–Crippen MR) is 59.7 cm³/mol. The van der Waals surface area contributed by atoms with Crippen molar-refractivity contribution in [1.82, 2.24) is 4.98 Å². The van der Waals surface area contributed by atoms with Gasteiger partial charge in [0, 0.05) is 18.0 Å². The standard InChI is InChI=1S/C10H14N2O2S/c1-2-7-4-3-5-12(7)10-11-8(6-15-10)9(13)14/h6-7H,2-5H2,1H3,(H,13,14). The van der Waals surface area contributed by atoms with E-state index in [1.54, 1.807) is 5.38 Å². The third-order valence-electron chi connectivity index (χ3n) is 2.81. The first kappa shape index (κ1) is 10.4. The molecular weight excluding hydrogens is 212 g/mol. The summed E-state index contributed by atoms with van der Waals surface area (Å²) in [6.45, 7) is 3.17. The molecule has 82 valence electrons. The predicted octanol–water partition coefficient (Wildman–Crippen LogP) is 2.22. The highest BCUT2D eigenvalue weighted by atomic mass is 32.1. The molecule has 2 heterocycles. The molecule has 1 N–H and O–H groups in total. The number of rotatable bonds is 3. The molecule has 1 aliphatic heterocycles. The number of aromatic carboxylic acids is 1. The van der Waals surface area contributed by atoms with Crippen LogP contribution in [0.2, 0.25) is 0 Å². The van der Waals surface area contributed by atoms with Crippen LogP contribution in [0.4, 0.5) is 5.13 Å². The molecule has 0 spiro atoms. The topological polar surface area (TPSA) is 53.4 Å². The largest absolute Gasteiger partial charge is 0.476 e. The Bertz CT molecular complexity index is 364. The molecule has 1 aliphatic rings. The number of carboxylic acid groups (broad SMARTS) is 1. The molecule has 0 radical (unpaired) electrons. The minimum atomic E-state index is -0.940. The van der Waals surface area contributed by atoms with Crippen LogP contribution < -0.4 is 4.90 Å². The minimum Gasteiger partial charge on any atom is -0.476 e. The Hall–Kier alpha value is -1.10. The molecule has 1 atom stereocenters. The Kier molecular flexibility index (Phi) is 2.90. The quantitative estimate of drug-likeness (QED) is 0.858. The van der Waals surface area contributed by atoms with Gasteiger partial charge in [0.2, 0.25) is 0 Å². The fraction of sp³-hybridized carbons (Fsp3) is 0.600. The van der Waals surface area contributed by atoms with Gasteiger partial charge >= 0.3 is 5.97 Å². The van der Waals surface area contributed by atoms with Gasteiger partial charge in [0.25, 0.3) is 0 Å². The van der Waals surface area contributed by atoms with Crippen molar-refractivity contribution in [2.24, 2.45) is 0 Å². The van der Waals surface area contributed by atoms with Crippen molar-refractivity contribution in [1.29, 1.82) is 0 Å². The summed E-state index contributed by atoms with van der Waals surface area (Å²) in [6, 6.07) is 0.540. The Labute approximate surface area is 92.6 Å². The number of anilines is 1. The lowest BCUT2D eigenvalue weighted by Gasteiger charge is -2.22. The van der Waals surface area contributed by atoms with Crippen LogP contribution in [0.1, 0.15) is 36.7 Å². The Morgan fingerprint density at radius 1 is 1.80 bits per heavy atom. The van der Waals surface area contributed by atoms with Gasteiger partial charge in [0.15, 0.2) is 10.8 Å². The maximum Gasteiger partial charge on any atom is 0.355 e. The Balaban J connectivity index is 2.18. The smallest absolute Gasteiger partial charge is 0.355 e. The second-order valence-corrected chi connectivity index (χ2v) is 4.55. The number of carboxylic acids is 1. The van der Waals surface area contributed by atoms with Crippen molar-refractivity contribution in [2.75, 3.05) is 11.4 Å². The normalized spacial score (nSPS) is 20.9. The van der Waals surface area contributed by atoms with E-state index in [9.17, 15) is 4.79 Å². The monoisotopic (exact) mass is 226 g/mol. The molecule has 0 saturated carbocycles. The third kappa shape index (κ3) is 1.97. The summed E-state index contributed by atoms with van der Waals surface area (Å²) in [5.74, 6) is -0.940. The first-order valence-corrected chi connectivity index (χ1v) is 6.05. The van der Waals surface area contributed by atoms with E-state index in [0.717, 1.165) is 18.1 Å². The number of hydrogen-bond donors (Lipinski definition) is 1. The summed E-state index contributed by atoms with van der Waals surface area (Å²) in [7, 11) is 0. The summed E-state index contributed by atoms with van der Waals surface area (Å²) >= 11 is 1.43. The van der Waals surface area contributed by atoms with E-state index in [-0.39, 0.29) is 5.69 Å². The van der Waals surface area contributed by atoms with Crippen molar-refractivity contribution in [3.8, 4) is 0 Å². The maximum absolute atomic E-state index is 10.7. The molecule has 0 bridgehead atoms. The number of aromatic nitrogens is 1. The number of thiazole rings is 1. The van der Waals surface area contributed by atoms with Crippen molar-refractivity contribution >= 4 is 22.4 Å². The summed E-state index contributed by atoms with van der Waals surface area (Å²) in [6.07, 6.45) is 3.47. The number of nitrogens with zero attached hydrogens (tertiary/aromatic N) is 2. The molecule has 1 saturated heterocycles. The van der Waals surface area contributed by atoms with E-state index < -0.39 is 5.97 Å². The Morgan fingerprint density at radius 2 is 2.60 bits per heavy atom. The van der Waals surface area contributed by atoms with Gasteiger partial charge in [-0.05, 0) is 19.3 Å². The lowest BCUT2D eigenvalue weighted by atomic mass is 10.2. The van der Waals surface area contributed by atoms with E-state index in [2.05, 4.69) is 16.8 Å². The van der Waals surface area contributed by atoms with Crippen molar-refractivity contribution < 1.29 is 9.90 Å². The average molecular weight is 226 g/mol. The van der Waals surface area contributed by atoms with Crippen LogP contribution in [-0.4, -0.2) is 28.6 Å². The lowest BCUT2D eigenvalue weighted by molar-refractivity contribution is 0.0691. The minimum absolute atomic E-state index is 0.164. The summed E-state index contributed by atoms with van der Waals surface area (Å²) in [4.78, 5) is 17.1. The summed E-state index contributed by atoms with van der Waals surface area (Å²) < 4.78 is 0. The fourth-order valence-corrected chi connectivity index (χ4v) is 2.90. The molecule has 0 amide bonds. The zero-order valence-electron chi connectivity index (χ0n) is 8.64. The average Bonchev–Trinajstić information content (AvgIpc) is 2.85. The molecule has 1 unspecified atom stereocenters. The van der Waals surface area contributed by atoms with Gasteiger partial charge in [0.1, 0.15) is 0 Å². The van der Waals surface area contributed by atoms with E-state index >= 15 is 0 Å². The summed E-state index contributed by atoms with van der Waals surface area (Å²) in [5.41, 5.74) is 0.164. The van der Waals surface area contributed by atoms with Gasteiger partial charge in [-0.25, -0.2) is 9.78 Å². The first-order chi connectivity index (χ1) is 7.22. The summed E-state index contributed by atoms with van der Waals surface area (Å²) in [5, 5.41) is 11.3. The van der Waals surface area contributed by atoms with Crippen molar-refractivity contribution in [3.63, 3.8) is 0 Å². The van der Waals surface area contributed by atoms with Crippen LogP contribution in [0.3, 0.4) is 0 Å². The van der Waals surface area contributed by atoms with Gasteiger partial charge in [0.05, 0.1) is 0 Å². The van der Waals surface area contributed by atoms with Gasteiger partial charge in [-0.2, -0.15) is 0 Å². The van der Waals surface area contributed by atoms with E-state index in [1.807, 2.05) is 0 Å². The fourth-order valence-electron chi connectivity index (χ4n) is 2.01. The second kappa shape index (κ2) is 4.18. The van der Waals surface area contributed by atoms with Crippen LogP contribution in [-0.2, 0) is 0 Å². The van der Waals surface area contributed by atoms with Crippen LogP contribution >= 0.6 is 11.3 Å². The Morgan fingerprint density at radius 3 is 3.20 bits per heavy atom.